The highest BCUT2D eigenvalue weighted by Crippen LogP contribution is 2.10. The van der Waals surface area contributed by atoms with Crippen LogP contribution in [-0.2, 0) is 27.3 Å². The molecule has 5 nitrogen and oxygen atoms in total. The second kappa shape index (κ2) is 8.32. The van der Waals surface area contributed by atoms with Crippen molar-refractivity contribution in [2.24, 2.45) is 0 Å². The molecule has 0 spiro atoms. The van der Waals surface area contributed by atoms with Crippen LogP contribution in [0.25, 0.3) is 0 Å². The van der Waals surface area contributed by atoms with Gasteiger partial charge >= 0.3 is 5.97 Å². The fourth-order valence-electron chi connectivity index (χ4n) is 1.77. The van der Waals surface area contributed by atoms with Gasteiger partial charge in [0.05, 0.1) is 13.5 Å². The van der Waals surface area contributed by atoms with Gasteiger partial charge in [0.1, 0.15) is 0 Å². The van der Waals surface area contributed by atoms with Gasteiger partial charge in [0.15, 0.2) is 0 Å². The van der Waals surface area contributed by atoms with E-state index in [-0.39, 0.29) is 18.3 Å². The van der Waals surface area contributed by atoms with Crippen LogP contribution in [0.4, 0.5) is 0 Å². The summed E-state index contributed by atoms with van der Waals surface area (Å²) in [4.78, 5) is 24.3. The molecule has 0 saturated heterocycles. The fourth-order valence-corrected chi connectivity index (χ4v) is 1.77. The molecule has 1 aromatic rings. The van der Waals surface area contributed by atoms with E-state index in [9.17, 15) is 9.59 Å². The van der Waals surface area contributed by atoms with Gasteiger partial charge in [0, 0.05) is 33.6 Å². The molecule has 0 atom stereocenters. The first-order chi connectivity index (χ1) is 9.54. The van der Waals surface area contributed by atoms with Crippen molar-refractivity contribution in [3.8, 4) is 0 Å². The average molecular weight is 278 g/mol. The summed E-state index contributed by atoms with van der Waals surface area (Å²) in [6.45, 7) is 1.25. The maximum atomic E-state index is 11.4. The molecular weight excluding hydrogens is 256 g/mol. The SMILES string of the molecule is COC(=O)Cc1ccccc1CNCCC(=O)N(C)C. The molecule has 1 N–H and O–H groups in total. The lowest BCUT2D eigenvalue weighted by molar-refractivity contribution is -0.139. The largest absolute Gasteiger partial charge is 0.469 e. The van der Waals surface area contributed by atoms with Crippen LogP contribution in [0.5, 0.6) is 0 Å². The molecule has 0 fully saturated rings. The van der Waals surface area contributed by atoms with Gasteiger partial charge in [0.2, 0.25) is 5.91 Å². The van der Waals surface area contributed by atoms with Crippen molar-refractivity contribution >= 4 is 11.9 Å². The number of nitrogens with zero attached hydrogens (tertiary/aromatic N) is 1. The molecule has 0 aliphatic rings. The van der Waals surface area contributed by atoms with Crippen LogP contribution in [0.1, 0.15) is 17.5 Å². The number of hydrogen-bond donors (Lipinski definition) is 1. The van der Waals surface area contributed by atoms with Crippen LogP contribution in [0.3, 0.4) is 0 Å². The first-order valence-corrected chi connectivity index (χ1v) is 6.59. The third-order valence-electron chi connectivity index (χ3n) is 3.01. The van der Waals surface area contributed by atoms with E-state index < -0.39 is 0 Å². The average Bonchev–Trinajstić information content (AvgIpc) is 2.44. The van der Waals surface area contributed by atoms with Crippen molar-refractivity contribution in [3.05, 3.63) is 35.4 Å². The molecule has 0 unspecified atom stereocenters. The Morgan fingerprint density at radius 2 is 1.85 bits per heavy atom. The number of carbonyl (C=O) groups excluding carboxylic acids is 2. The van der Waals surface area contributed by atoms with Gasteiger partial charge in [-0.15, -0.1) is 0 Å². The Labute approximate surface area is 119 Å². The molecule has 0 bridgehead atoms. The van der Waals surface area contributed by atoms with Crippen LogP contribution in [0.2, 0.25) is 0 Å². The second-order valence-corrected chi connectivity index (χ2v) is 4.74. The zero-order valence-corrected chi connectivity index (χ0v) is 12.3. The third-order valence-corrected chi connectivity index (χ3v) is 3.01. The van der Waals surface area contributed by atoms with E-state index in [1.54, 1.807) is 19.0 Å². The van der Waals surface area contributed by atoms with E-state index in [2.05, 4.69) is 10.1 Å². The Bertz CT molecular complexity index is 458. The monoisotopic (exact) mass is 278 g/mol. The summed E-state index contributed by atoms with van der Waals surface area (Å²) in [5, 5.41) is 3.22. The molecule has 0 aliphatic heterocycles. The Kier molecular flexibility index (Phi) is 6.73. The highest BCUT2D eigenvalue weighted by atomic mass is 16.5. The normalized spacial score (nSPS) is 10.2. The van der Waals surface area contributed by atoms with Gasteiger partial charge in [-0.3, -0.25) is 9.59 Å². The van der Waals surface area contributed by atoms with Crippen LogP contribution in [0.15, 0.2) is 24.3 Å². The zero-order valence-electron chi connectivity index (χ0n) is 12.3. The van der Waals surface area contributed by atoms with Crippen LogP contribution >= 0.6 is 0 Å². The van der Waals surface area contributed by atoms with Crippen molar-refractivity contribution in [1.82, 2.24) is 10.2 Å². The Hall–Kier alpha value is -1.88. The van der Waals surface area contributed by atoms with E-state index in [0.29, 0.717) is 19.5 Å². The van der Waals surface area contributed by atoms with Crippen molar-refractivity contribution in [2.45, 2.75) is 19.4 Å². The van der Waals surface area contributed by atoms with Gasteiger partial charge in [-0.05, 0) is 11.1 Å². The van der Waals surface area contributed by atoms with Crippen molar-refractivity contribution < 1.29 is 14.3 Å². The van der Waals surface area contributed by atoms with E-state index >= 15 is 0 Å². The summed E-state index contributed by atoms with van der Waals surface area (Å²) in [6, 6.07) is 7.72. The molecule has 0 heterocycles. The minimum atomic E-state index is -0.250. The number of hydrogen-bond acceptors (Lipinski definition) is 4. The second-order valence-electron chi connectivity index (χ2n) is 4.74. The third kappa shape index (κ3) is 5.40. The lowest BCUT2D eigenvalue weighted by Crippen LogP contribution is -2.26. The van der Waals surface area contributed by atoms with Gasteiger partial charge in [-0.1, -0.05) is 24.3 Å². The molecule has 5 heteroatoms. The summed E-state index contributed by atoms with van der Waals surface area (Å²) >= 11 is 0. The minimum absolute atomic E-state index is 0.0975. The summed E-state index contributed by atoms with van der Waals surface area (Å²) in [5.74, 6) is -0.152. The summed E-state index contributed by atoms with van der Waals surface area (Å²) in [6.07, 6.45) is 0.733. The Balaban J connectivity index is 2.47. The molecule has 20 heavy (non-hydrogen) atoms. The Morgan fingerprint density at radius 1 is 1.20 bits per heavy atom. The molecule has 0 aliphatic carbocycles. The number of nitrogens with one attached hydrogen (secondary N) is 1. The lowest BCUT2D eigenvalue weighted by atomic mass is 10.0. The maximum absolute atomic E-state index is 11.4. The van der Waals surface area contributed by atoms with Gasteiger partial charge in [-0.2, -0.15) is 0 Å². The number of carbonyl (C=O) groups is 2. The molecule has 0 radical (unpaired) electrons. The lowest BCUT2D eigenvalue weighted by Gasteiger charge is -2.12. The predicted octanol–water partition coefficient (Wildman–Crippen LogP) is 0.970. The van der Waals surface area contributed by atoms with Crippen LogP contribution in [-0.4, -0.2) is 44.5 Å². The summed E-state index contributed by atoms with van der Waals surface area (Å²) < 4.78 is 4.68. The number of esters is 1. The van der Waals surface area contributed by atoms with Crippen molar-refractivity contribution in [1.29, 1.82) is 0 Å². The molecule has 1 aromatic carbocycles. The summed E-state index contributed by atoms with van der Waals surface area (Å²) in [7, 11) is 4.87. The standard InChI is InChI=1S/C15H22N2O3/c1-17(2)14(18)8-9-16-11-13-7-5-4-6-12(13)10-15(19)20-3/h4-7,16H,8-11H2,1-3H3. The van der Waals surface area contributed by atoms with Crippen LogP contribution in [0, 0.1) is 0 Å². The maximum Gasteiger partial charge on any atom is 0.309 e. The van der Waals surface area contributed by atoms with E-state index in [1.807, 2.05) is 24.3 Å². The summed E-state index contributed by atoms with van der Waals surface area (Å²) in [5.41, 5.74) is 2.00. The first-order valence-electron chi connectivity index (χ1n) is 6.59. The quantitative estimate of drug-likeness (QED) is 0.596. The van der Waals surface area contributed by atoms with E-state index in [0.717, 1.165) is 11.1 Å². The van der Waals surface area contributed by atoms with E-state index in [1.165, 1.54) is 7.11 Å². The molecular formula is C15H22N2O3. The predicted molar refractivity (Wildman–Crippen MR) is 77.2 cm³/mol. The van der Waals surface area contributed by atoms with Gasteiger partial charge in [-0.25, -0.2) is 0 Å². The number of rotatable bonds is 7. The van der Waals surface area contributed by atoms with Gasteiger partial charge < -0.3 is 15.0 Å². The molecule has 1 rings (SSSR count). The van der Waals surface area contributed by atoms with Gasteiger partial charge in [0.25, 0.3) is 0 Å². The first kappa shape index (κ1) is 16.2. The van der Waals surface area contributed by atoms with Crippen LogP contribution < -0.4 is 5.32 Å². The smallest absolute Gasteiger partial charge is 0.309 e. The molecule has 0 saturated carbocycles. The zero-order chi connectivity index (χ0) is 15.0. The Morgan fingerprint density at radius 3 is 2.45 bits per heavy atom. The van der Waals surface area contributed by atoms with Crippen molar-refractivity contribution in [2.75, 3.05) is 27.7 Å². The minimum Gasteiger partial charge on any atom is -0.469 e. The number of amides is 1. The molecule has 0 aromatic heterocycles. The number of benzene rings is 1. The molecule has 110 valence electrons. The number of methoxy groups -OCH3 is 1. The van der Waals surface area contributed by atoms with E-state index in [4.69, 9.17) is 0 Å². The highest BCUT2D eigenvalue weighted by molar-refractivity contribution is 5.75. The van der Waals surface area contributed by atoms with Crippen molar-refractivity contribution in [3.63, 3.8) is 0 Å². The molecule has 1 amide bonds. The highest BCUT2D eigenvalue weighted by Gasteiger charge is 2.08. The fraction of sp³-hybridized carbons (Fsp3) is 0.467. The topological polar surface area (TPSA) is 58.6 Å². The number of ether oxygens (including phenoxy) is 1.